The Morgan fingerprint density at radius 3 is 2.08 bits per heavy atom. The Hall–Kier alpha value is -3.85. The number of hydrogen-bond acceptors (Lipinski definition) is 3. The van der Waals surface area contributed by atoms with Crippen molar-refractivity contribution in [2.24, 2.45) is 0 Å². The minimum Gasteiger partial charge on any atom is -0.256 e. The van der Waals surface area contributed by atoms with Crippen molar-refractivity contribution in [1.29, 1.82) is 0 Å². The highest BCUT2D eigenvalue weighted by Gasteiger charge is 2.24. The van der Waals surface area contributed by atoms with Crippen LogP contribution in [-0.4, -0.2) is 15.0 Å². The molecule has 0 unspecified atom stereocenters. The summed E-state index contributed by atoms with van der Waals surface area (Å²) in [5.41, 5.74) is 10.4. The van der Waals surface area contributed by atoms with Crippen LogP contribution in [0.15, 0.2) is 91.5 Å². The molecule has 0 radical (unpaired) electrons. The minimum atomic E-state index is -0.00571. The van der Waals surface area contributed by atoms with Crippen LogP contribution < -0.4 is 0 Å². The lowest BCUT2D eigenvalue weighted by molar-refractivity contribution is 0.570. The molecule has 0 aliphatic carbocycles. The number of pyridine rings is 1. The highest BCUT2D eigenvalue weighted by atomic mass is 14.8. The largest absolute Gasteiger partial charge is 0.256 e. The molecule has 0 aliphatic heterocycles. The number of hydrogen-bond donors (Lipinski definition) is 0. The zero-order valence-electron chi connectivity index (χ0n) is 22.0. The molecule has 2 heterocycles. The van der Waals surface area contributed by atoms with Crippen LogP contribution in [-0.2, 0) is 10.8 Å². The molecular formula is C33H33N3. The van der Waals surface area contributed by atoms with E-state index in [1.807, 2.05) is 30.6 Å². The molecule has 0 aliphatic rings. The van der Waals surface area contributed by atoms with Gasteiger partial charge in [-0.15, -0.1) is 0 Å². The van der Waals surface area contributed by atoms with Gasteiger partial charge in [-0.25, -0.2) is 9.97 Å². The van der Waals surface area contributed by atoms with Gasteiger partial charge in [0, 0.05) is 28.9 Å². The van der Waals surface area contributed by atoms with Crippen molar-refractivity contribution in [2.75, 3.05) is 0 Å². The number of fused-ring (bicyclic) bond motifs is 1. The van der Waals surface area contributed by atoms with Gasteiger partial charge in [0.1, 0.15) is 6.33 Å². The van der Waals surface area contributed by atoms with Gasteiger partial charge in [-0.3, -0.25) is 4.98 Å². The zero-order chi connectivity index (χ0) is 25.5. The van der Waals surface area contributed by atoms with Gasteiger partial charge in [-0.05, 0) is 56.8 Å². The monoisotopic (exact) mass is 471 g/mol. The molecule has 5 aromatic rings. The maximum absolute atomic E-state index is 4.77. The molecule has 0 N–H and O–H groups in total. The second kappa shape index (κ2) is 8.98. The zero-order valence-corrected chi connectivity index (χ0v) is 22.0. The Morgan fingerprint density at radius 1 is 0.611 bits per heavy atom. The molecule has 0 saturated heterocycles. The normalized spacial score (nSPS) is 12.2. The minimum absolute atomic E-state index is 0.00571. The predicted molar refractivity (Wildman–Crippen MR) is 151 cm³/mol. The maximum Gasteiger partial charge on any atom is 0.116 e. The summed E-state index contributed by atoms with van der Waals surface area (Å²) in [7, 11) is 0. The summed E-state index contributed by atoms with van der Waals surface area (Å²) in [6, 6.07) is 25.9. The van der Waals surface area contributed by atoms with Crippen LogP contribution in [0.2, 0.25) is 0 Å². The molecule has 3 aromatic carbocycles. The van der Waals surface area contributed by atoms with Gasteiger partial charge in [-0.1, -0.05) is 96.1 Å². The molecule has 0 amide bonds. The van der Waals surface area contributed by atoms with Crippen molar-refractivity contribution >= 4 is 10.9 Å². The van der Waals surface area contributed by atoms with Gasteiger partial charge in [-0.2, -0.15) is 0 Å². The van der Waals surface area contributed by atoms with E-state index in [2.05, 4.69) is 106 Å². The molecule has 0 fully saturated rings. The van der Waals surface area contributed by atoms with Crippen LogP contribution in [0.25, 0.3) is 44.4 Å². The van der Waals surface area contributed by atoms with E-state index in [1.54, 1.807) is 6.33 Å². The SMILES string of the molecule is CC(C)(C)c1ccc(-c2ccc(-c3cccc(-c4ccccn4)c3)c3ncncc23)c(C(C)(C)C)c1. The second-order valence-electron chi connectivity index (χ2n) is 11.5. The maximum atomic E-state index is 4.77. The summed E-state index contributed by atoms with van der Waals surface area (Å²) in [6.45, 7) is 13.7. The van der Waals surface area contributed by atoms with Crippen LogP contribution in [0.4, 0.5) is 0 Å². The quantitative estimate of drug-likeness (QED) is 0.264. The summed E-state index contributed by atoms with van der Waals surface area (Å²) in [6.07, 6.45) is 5.43. The third-order valence-electron chi connectivity index (χ3n) is 6.79. The van der Waals surface area contributed by atoms with E-state index < -0.39 is 0 Å². The standard InChI is InChI=1S/C33H33N3/c1-32(2,3)24-13-14-27(29(19-24)33(4,5)6)26-16-15-25(31-28(26)20-34-21-36-31)22-10-9-11-23(18-22)30-12-7-8-17-35-30/h7-21H,1-6H3. The molecule has 2 aromatic heterocycles. The van der Waals surface area contributed by atoms with Gasteiger partial charge in [0.2, 0.25) is 0 Å². The number of aromatic nitrogens is 3. The number of benzene rings is 3. The summed E-state index contributed by atoms with van der Waals surface area (Å²) < 4.78 is 0. The van der Waals surface area contributed by atoms with Crippen LogP contribution in [0.1, 0.15) is 52.7 Å². The van der Waals surface area contributed by atoms with Crippen LogP contribution in [0, 0.1) is 0 Å². The first kappa shape index (κ1) is 23.9. The van der Waals surface area contributed by atoms with E-state index in [9.17, 15) is 0 Å². The fraction of sp³-hybridized carbons (Fsp3) is 0.242. The topological polar surface area (TPSA) is 38.7 Å². The lowest BCUT2D eigenvalue weighted by atomic mass is 9.77. The van der Waals surface area contributed by atoms with Crippen LogP contribution in [0.5, 0.6) is 0 Å². The smallest absolute Gasteiger partial charge is 0.116 e. The summed E-state index contributed by atoms with van der Waals surface area (Å²) >= 11 is 0. The average Bonchev–Trinajstić information content (AvgIpc) is 2.87. The van der Waals surface area contributed by atoms with Gasteiger partial charge in [0.05, 0.1) is 11.2 Å². The van der Waals surface area contributed by atoms with E-state index in [0.29, 0.717) is 0 Å². The lowest BCUT2D eigenvalue weighted by Gasteiger charge is -2.28. The Bertz CT molecular complexity index is 1540. The van der Waals surface area contributed by atoms with Crippen LogP contribution in [0.3, 0.4) is 0 Å². The predicted octanol–water partition coefficient (Wildman–Crippen LogP) is 8.62. The van der Waals surface area contributed by atoms with Crippen molar-refractivity contribution in [3.8, 4) is 33.5 Å². The molecule has 0 spiro atoms. The molecule has 0 bridgehead atoms. The third-order valence-corrected chi connectivity index (χ3v) is 6.79. The lowest BCUT2D eigenvalue weighted by Crippen LogP contribution is -2.17. The average molecular weight is 472 g/mol. The van der Waals surface area contributed by atoms with Crippen molar-refractivity contribution < 1.29 is 0 Å². The highest BCUT2D eigenvalue weighted by Crippen LogP contribution is 2.41. The third kappa shape index (κ3) is 4.54. The Balaban J connectivity index is 1.70. The molecule has 3 nitrogen and oxygen atoms in total. The van der Waals surface area contributed by atoms with E-state index in [0.717, 1.165) is 33.3 Å². The highest BCUT2D eigenvalue weighted by molar-refractivity contribution is 6.03. The van der Waals surface area contributed by atoms with Crippen LogP contribution >= 0.6 is 0 Å². The fourth-order valence-corrected chi connectivity index (χ4v) is 4.79. The molecule has 180 valence electrons. The van der Waals surface area contributed by atoms with E-state index in [-0.39, 0.29) is 10.8 Å². The molecule has 36 heavy (non-hydrogen) atoms. The first-order valence-electron chi connectivity index (χ1n) is 12.5. The van der Waals surface area contributed by atoms with Crippen molar-refractivity contribution in [3.05, 3.63) is 103 Å². The van der Waals surface area contributed by atoms with E-state index >= 15 is 0 Å². The molecular weight excluding hydrogens is 438 g/mol. The van der Waals surface area contributed by atoms with Gasteiger partial charge >= 0.3 is 0 Å². The number of nitrogens with zero attached hydrogens (tertiary/aromatic N) is 3. The first-order chi connectivity index (χ1) is 17.1. The summed E-state index contributed by atoms with van der Waals surface area (Å²) in [5, 5.41) is 1.06. The molecule has 0 atom stereocenters. The Kier molecular flexibility index (Phi) is 5.96. The molecule has 0 saturated carbocycles. The van der Waals surface area contributed by atoms with Crippen molar-refractivity contribution in [2.45, 2.75) is 52.4 Å². The van der Waals surface area contributed by atoms with E-state index in [4.69, 9.17) is 4.98 Å². The summed E-state index contributed by atoms with van der Waals surface area (Å²) in [5.74, 6) is 0. The Labute approximate surface area is 214 Å². The molecule has 5 rings (SSSR count). The van der Waals surface area contributed by atoms with Gasteiger partial charge < -0.3 is 0 Å². The fourth-order valence-electron chi connectivity index (χ4n) is 4.79. The van der Waals surface area contributed by atoms with E-state index in [1.165, 1.54) is 22.3 Å². The van der Waals surface area contributed by atoms with Crippen molar-refractivity contribution in [1.82, 2.24) is 15.0 Å². The molecule has 3 heteroatoms. The number of rotatable bonds is 3. The second-order valence-corrected chi connectivity index (χ2v) is 11.5. The first-order valence-corrected chi connectivity index (χ1v) is 12.5. The van der Waals surface area contributed by atoms with Crippen molar-refractivity contribution in [3.63, 3.8) is 0 Å². The summed E-state index contributed by atoms with van der Waals surface area (Å²) in [4.78, 5) is 13.7. The van der Waals surface area contributed by atoms with Gasteiger partial charge in [0.25, 0.3) is 0 Å². The Morgan fingerprint density at radius 2 is 1.36 bits per heavy atom. The van der Waals surface area contributed by atoms with Gasteiger partial charge in [0.15, 0.2) is 0 Å².